The Bertz CT molecular complexity index is 393. The smallest absolute Gasteiger partial charge is 0.0703 e. The average Bonchev–Trinajstić information content (AvgIpc) is 2.87. The molecule has 2 heterocycles. The van der Waals surface area contributed by atoms with E-state index in [4.69, 9.17) is 4.74 Å². The molecule has 1 aliphatic heterocycles. The molecule has 4 nitrogen and oxygen atoms in total. The van der Waals surface area contributed by atoms with Crippen molar-refractivity contribution in [3.63, 3.8) is 0 Å². The first-order valence-electron chi connectivity index (χ1n) is 7.67. The molecule has 1 N–H and O–H groups in total. The molecule has 1 aliphatic rings. The predicted octanol–water partition coefficient (Wildman–Crippen LogP) is 2.19. The Kier molecular flexibility index (Phi) is 5.95. The fourth-order valence-corrected chi connectivity index (χ4v) is 2.73. The minimum atomic E-state index is 0.331. The SMILES string of the molecule is CCCNCc1ccc(CN(C)C2CCOC2C)nc1. The van der Waals surface area contributed by atoms with Gasteiger partial charge in [-0.25, -0.2) is 0 Å². The van der Waals surface area contributed by atoms with Crippen molar-refractivity contribution in [1.29, 1.82) is 0 Å². The maximum absolute atomic E-state index is 5.63. The van der Waals surface area contributed by atoms with Gasteiger partial charge in [0.15, 0.2) is 0 Å². The number of aromatic nitrogens is 1. The zero-order valence-electron chi connectivity index (χ0n) is 12.9. The van der Waals surface area contributed by atoms with Gasteiger partial charge < -0.3 is 10.1 Å². The largest absolute Gasteiger partial charge is 0.377 e. The molecule has 20 heavy (non-hydrogen) atoms. The van der Waals surface area contributed by atoms with Crippen molar-refractivity contribution in [1.82, 2.24) is 15.2 Å². The Hall–Kier alpha value is -0.970. The topological polar surface area (TPSA) is 37.4 Å². The maximum Gasteiger partial charge on any atom is 0.0703 e. The summed E-state index contributed by atoms with van der Waals surface area (Å²) in [4.78, 5) is 6.93. The van der Waals surface area contributed by atoms with Crippen LogP contribution in [0.5, 0.6) is 0 Å². The van der Waals surface area contributed by atoms with Gasteiger partial charge in [0, 0.05) is 31.9 Å². The number of ether oxygens (including phenoxy) is 1. The lowest BCUT2D eigenvalue weighted by molar-refractivity contribution is 0.0810. The third kappa shape index (κ3) is 4.27. The van der Waals surface area contributed by atoms with Gasteiger partial charge in [0.1, 0.15) is 0 Å². The van der Waals surface area contributed by atoms with Crippen LogP contribution >= 0.6 is 0 Å². The van der Waals surface area contributed by atoms with Gasteiger partial charge in [-0.05, 0) is 45.0 Å². The summed E-state index contributed by atoms with van der Waals surface area (Å²) in [6.45, 7) is 8.07. The molecule has 1 aromatic heterocycles. The van der Waals surface area contributed by atoms with E-state index in [9.17, 15) is 0 Å². The third-order valence-corrected chi connectivity index (χ3v) is 3.96. The van der Waals surface area contributed by atoms with Gasteiger partial charge in [-0.3, -0.25) is 9.88 Å². The van der Waals surface area contributed by atoms with Crippen LogP contribution in [0.15, 0.2) is 18.3 Å². The normalized spacial score (nSPS) is 22.6. The second-order valence-electron chi connectivity index (χ2n) is 5.68. The molecular formula is C16H27N3O. The minimum absolute atomic E-state index is 0.331. The number of nitrogens with zero attached hydrogens (tertiary/aromatic N) is 2. The van der Waals surface area contributed by atoms with Gasteiger partial charge >= 0.3 is 0 Å². The lowest BCUT2D eigenvalue weighted by Gasteiger charge is -2.26. The van der Waals surface area contributed by atoms with Crippen LogP contribution in [0.4, 0.5) is 0 Å². The molecule has 0 spiro atoms. The second kappa shape index (κ2) is 7.72. The van der Waals surface area contributed by atoms with Crippen molar-refractivity contribution in [3.05, 3.63) is 29.6 Å². The molecular weight excluding hydrogens is 250 g/mol. The zero-order valence-corrected chi connectivity index (χ0v) is 12.9. The Balaban J connectivity index is 1.83. The van der Waals surface area contributed by atoms with Crippen molar-refractivity contribution in [3.8, 4) is 0 Å². The molecule has 0 amide bonds. The molecule has 2 atom stereocenters. The van der Waals surface area contributed by atoms with E-state index in [0.29, 0.717) is 12.1 Å². The second-order valence-corrected chi connectivity index (χ2v) is 5.68. The fourth-order valence-electron chi connectivity index (χ4n) is 2.73. The number of rotatable bonds is 7. The standard InChI is InChI=1S/C16H27N3O/c1-4-8-17-10-14-5-6-15(18-11-14)12-19(3)16-7-9-20-13(16)2/h5-6,11,13,16-17H,4,7-10,12H2,1-3H3. The summed E-state index contributed by atoms with van der Waals surface area (Å²) < 4.78 is 5.63. The summed E-state index contributed by atoms with van der Waals surface area (Å²) >= 11 is 0. The highest BCUT2D eigenvalue weighted by Gasteiger charge is 2.27. The minimum Gasteiger partial charge on any atom is -0.377 e. The average molecular weight is 277 g/mol. The van der Waals surface area contributed by atoms with Crippen LogP contribution in [0.25, 0.3) is 0 Å². The van der Waals surface area contributed by atoms with E-state index >= 15 is 0 Å². The van der Waals surface area contributed by atoms with Crippen LogP contribution in [0, 0.1) is 0 Å². The molecule has 4 heteroatoms. The molecule has 0 saturated carbocycles. The highest BCUT2D eigenvalue weighted by molar-refractivity contribution is 5.14. The number of hydrogen-bond donors (Lipinski definition) is 1. The van der Waals surface area contributed by atoms with E-state index in [1.807, 2.05) is 6.20 Å². The molecule has 112 valence electrons. The Labute approximate surface area is 122 Å². The van der Waals surface area contributed by atoms with E-state index in [-0.39, 0.29) is 0 Å². The van der Waals surface area contributed by atoms with Gasteiger partial charge in [0.2, 0.25) is 0 Å². The first kappa shape index (κ1) is 15.4. The van der Waals surface area contributed by atoms with Crippen LogP contribution in [-0.4, -0.2) is 42.2 Å². The van der Waals surface area contributed by atoms with Crippen LogP contribution in [0.2, 0.25) is 0 Å². The fraction of sp³-hybridized carbons (Fsp3) is 0.688. The summed E-state index contributed by atoms with van der Waals surface area (Å²) in [6.07, 6.45) is 4.60. The van der Waals surface area contributed by atoms with Crippen LogP contribution < -0.4 is 5.32 Å². The summed E-state index contributed by atoms with van der Waals surface area (Å²) in [5.74, 6) is 0. The van der Waals surface area contributed by atoms with Crippen molar-refractivity contribution >= 4 is 0 Å². The van der Waals surface area contributed by atoms with E-state index in [1.165, 1.54) is 5.56 Å². The van der Waals surface area contributed by atoms with Crippen molar-refractivity contribution < 1.29 is 4.74 Å². The quantitative estimate of drug-likeness (QED) is 0.775. The molecule has 1 saturated heterocycles. The number of hydrogen-bond acceptors (Lipinski definition) is 4. The summed E-state index contributed by atoms with van der Waals surface area (Å²) in [7, 11) is 2.16. The van der Waals surface area contributed by atoms with Crippen LogP contribution in [-0.2, 0) is 17.8 Å². The summed E-state index contributed by atoms with van der Waals surface area (Å²) in [6, 6.07) is 4.83. The van der Waals surface area contributed by atoms with Crippen LogP contribution in [0.3, 0.4) is 0 Å². The highest BCUT2D eigenvalue weighted by atomic mass is 16.5. The molecule has 0 bridgehead atoms. The number of pyridine rings is 1. The lowest BCUT2D eigenvalue weighted by atomic mass is 10.1. The van der Waals surface area contributed by atoms with E-state index in [1.54, 1.807) is 0 Å². The molecule has 1 aromatic rings. The molecule has 0 aromatic carbocycles. The third-order valence-electron chi connectivity index (χ3n) is 3.96. The molecule has 2 rings (SSSR count). The molecule has 1 fully saturated rings. The van der Waals surface area contributed by atoms with Gasteiger partial charge in [-0.15, -0.1) is 0 Å². The Morgan fingerprint density at radius 2 is 2.30 bits per heavy atom. The number of likely N-dealkylation sites (N-methyl/N-ethyl adjacent to an activating group) is 1. The monoisotopic (exact) mass is 277 g/mol. The molecule has 2 unspecified atom stereocenters. The summed E-state index contributed by atoms with van der Waals surface area (Å²) in [5.41, 5.74) is 2.38. The van der Waals surface area contributed by atoms with Crippen molar-refractivity contribution in [2.24, 2.45) is 0 Å². The number of nitrogens with one attached hydrogen (secondary N) is 1. The molecule has 0 aliphatic carbocycles. The first-order valence-corrected chi connectivity index (χ1v) is 7.67. The van der Waals surface area contributed by atoms with Crippen molar-refractivity contribution in [2.45, 2.75) is 51.9 Å². The maximum atomic E-state index is 5.63. The van der Waals surface area contributed by atoms with E-state index < -0.39 is 0 Å². The van der Waals surface area contributed by atoms with Gasteiger partial charge in [-0.1, -0.05) is 13.0 Å². The van der Waals surface area contributed by atoms with E-state index in [0.717, 1.165) is 44.8 Å². The molecule has 0 radical (unpaired) electrons. The van der Waals surface area contributed by atoms with Gasteiger partial charge in [-0.2, -0.15) is 0 Å². The van der Waals surface area contributed by atoms with Gasteiger partial charge in [0.05, 0.1) is 11.8 Å². The van der Waals surface area contributed by atoms with E-state index in [2.05, 4.69) is 48.2 Å². The lowest BCUT2D eigenvalue weighted by Crippen LogP contribution is -2.36. The Morgan fingerprint density at radius 3 is 2.90 bits per heavy atom. The first-order chi connectivity index (χ1) is 9.70. The van der Waals surface area contributed by atoms with Crippen LogP contribution in [0.1, 0.15) is 37.9 Å². The predicted molar refractivity (Wildman–Crippen MR) is 81.5 cm³/mol. The van der Waals surface area contributed by atoms with Gasteiger partial charge in [0.25, 0.3) is 0 Å². The zero-order chi connectivity index (χ0) is 14.4. The Morgan fingerprint density at radius 1 is 1.45 bits per heavy atom. The summed E-state index contributed by atoms with van der Waals surface area (Å²) in [5, 5.41) is 3.40. The highest BCUT2D eigenvalue weighted by Crippen LogP contribution is 2.19. The van der Waals surface area contributed by atoms with Crippen molar-refractivity contribution in [2.75, 3.05) is 20.2 Å².